The molecule has 2 aromatic carbocycles. The van der Waals surface area contributed by atoms with Gasteiger partial charge in [-0.15, -0.1) is 0 Å². The van der Waals surface area contributed by atoms with Crippen LogP contribution in [0.1, 0.15) is 27.9 Å². The SMILES string of the molecule is CN(C)CCC1(c2ccc(F)cc2)Cc2cc(F)ccc2C(=O)O1. The van der Waals surface area contributed by atoms with E-state index in [4.69, 9.17) is 4.74 Å². The predicted molar refractivity (Wildman–Crippen MR) is 86.8 cm³/mol. The molecule has 0 N–H and O–H groups in total. The van der Waals surface area contributed by atoms with Gasteiger partial charge in [0.25, 0.3) is 0 Å². The average Bonchev–Trinajstić information content (AvgIpc) is 2.53. The number of rotatable bonds is 4. The molecule has 3 nitrogen and oxygen atoms in total. The van der Waals surface area contributed by atoms with E-state index in [1.165, 1.54) is 30.3 Å². The fourth-order valence-corrected chi connectivity index (χ4v) is 3.09. The number of ether oxygens (including phenoxy) is 1. The second-order valence-electron chi connectivity index (χ2n) is 6.42. The Morgan fingerprint density at radius 1 is 1.08 bits per heavy atom. The lowest BCUT2D eigenvalue weighted by Gasteiger charge is -2.38. The molecular formula is C19H19F2NO2. The zero-order valence-corrected chi connectivity index (χ0v) is 13.7. The van der Waals surface area contributed by atoms with Crippen molar-refractivity contribution in [3.05, 3.63) is 70.8 Å². The number of cyclic esters (lactones) is 1. The third-order valence-corrected chi connectivity index (χ3v) is 4.38. The summed E-state index contributed by atoms with van der Waals surface area (Å²) in [6.07, 6.45) is 0.901. The number of benzene rings is 2. The van der Waals surface area contributed by atoms with Crippen molar-refractivity contribution in [2.24, 2.45) is 0 Å². The Morgan fingerprint density at radius 3 is 2.42 bits per heavy atom. The Bertz CT molecular complexity index is 758. The van der Waals surface area contributed by atoms with Crippen LogP contribution >= 0.6 is 0 Å². The van der Waals surface area contributed by atoms with Gasteiger partial charge in [0.1, 0.15) is 17.2 Å². The van der Waals surface area contributed by atoms with E-state index in [0.717, 1.165) is 0 Å². The summed E-state index contributed by atoms with van der Waals surface area (Å²) in [6.45, 7) is 0.676. The normalized spacial score (nSPS) is 20.0. The predicted octanol–water partition coefficient (Wildman–Crippen LogP) is 3.52. The molecule has 126 valence electrons. The molecule has 24 heavy (non-hydrogen) atoms. The lowest BCUT2D eigenvalue weighted by atomic mass is 9.80. The van der Waals surface area contributed by atoms with E-state index in [1.807, 2.05) is 19.0 Å². The minimum atomic E-state index is -0.921. The van der Waals surface area contributed by atoms with Gasteiger partial charge in [-0.2, -0.15) is 0 Å². The highest BCUT2D eigenvalue weighted by Crippen LogP contribution is 2.39. The fraction of sp³-hybridized carbons (Fsp3) is 0.316. The number of carbonyl (C=O) groups excluding carboxylic acids is 1. The average molecular weight is 331 g/mol. The minimum absolute atomic E-state index is 0.352. The summed E-state index contributed by atoms with van der Waals surface area (Å²) in [6, 6.07) is 10.0. The van der Waals surface area contributed by atoms with Crippen LogP contribution in [0, 0.1) is 11.6 Å². The quantitative estimate of drug-likeness (QED) is 0.803. The first-order chi connectivity index (χ1) is 11.4. The topological polar surface area (TPSA) is 29.5 Å². The van der Waals surface area contributed by atoms with Crippen molar-refractivity contribution in [3.63, 3.8) is 0 Å². The zero-order valence-electron chi connectivity index (χ0n) is 13.7. The summed E-state index contributed by atoms with van der Waals surface area (Å²) in [7, 11) is 3.85. The molecule has 1 aliphatic rings. The van der Waals surface area contributed by atoms with E-state index >= 15 is 0 Å². The largest absolute Gasteiger partial charge is 0.450 e. The minimum Gasteiger partial charge on any atom is -0.450 e. The van der Waals surface area contributed by atoms with Gasteiger partial charge in [-0.1, -0.05) is 12.1 Å². The monoisotopic (exact) mass is 331 g/mol. The van der Waals surface area contributed by atoms with E-state index in [1.54, 1.807) is 12.1 Å². The van der Waals surface area contributed by atoms with Crippen LogP contribution < -0.4 is 0 Å². The zero-order chi connectivity index (χ0) is 17.3. The smallest absolute Gasteiger partial charge is 0.339 e. The summed E-state index contributed by atoms with van der Waals surface area (Å²) in [4.78, 5) is 14.5. The van der Waals surface area contributed by atoms with Crippen molar-refractivity contribution in [3.8, 4) is 0 Å². The van der Waals surface area contributed by atoms with E-state index in [2.05, 4.69) is 0 Å². The number of carbonyl (C=O) groups is 1. The molecule has 1 atom stereocenters. The molecule has 0 fully saturated rings. The number of halogens is 2. The molecule has 0 aromatic heterocycles. The van der Waals surface area contributed by atoms with Crippen molar-refractivity contribution in [2.45, 2.75) is 18.4 Å². The lowest BCUT2D eigenvalue weighted by Crippen LogP contribution is -2.41. The first-order valence-corrected chi connectivity index (χ1v) is 7.82. The molecule has 0 saturated carbocycles. The molecule has 0 bridgehead atoms. The van der Waals surface area contributed by atoms with Gasteiger partial charge in [-0.05, 0) is 55.6 Å². The second-order valence-corrected chi connectivity index (χ2v) is 6.42. The summed E-state index contributed by atoms with van der Waals surface area (Å²) >= 11 is 0. The van der Waals surface area contributed by atoms with Crippen molar-refractivity contribution in [1.82, 2.24) is 4.90 Å². The van der Waals surface area contributed by atoms with Gasteiger partial charge in [0, 0.05) is 19.4 Å². The standard InChI is InChI=1S/C19H19F2NO2/c1-22(2)10-9-19(14-3-5-15(20)6-4-14)12-13-11-16(21)7-8-17(13)18(23)24-19/h3-8,11H,9-10,12H2,1-2H3. The number of hydrogen-bond donors (Lipinski definition) is 0. The van der Waals surface area contributed by atoms with Crippen LogP contribution in [0.3, 0.4) is 0 Å². The van der Waals surface area contributed by atoms with Crippen molar-refractivity contribution in [2.75, 3.05) is 20.6 Å². The van der Waals surface area contributed by atoms with Gasteiger partial charge in [0.2, 0.25) is 0 Å². The van der Waals surface area contributed by atoms with Gasteiger partial charge in [-0.25, -0.2) is 13.6 Å². The number of esters is 1. The van der Waals surface area contributed by atoms with Gasteiger partial charge in [-0.3, -0.25) is 0 Å². The molecular weight excluding hydrogens is 312 g/mol. The van der Waals surface area contributed by atoms with Crippen LogP contribution in [-0.4, -0.2) is 31.5 Å². The highest BCUT2D eigenvalue weighted by atomic mass is 19.1. The van der Waals surface area contributed by atoms with Crippen molar-refractivity contribution >= 4 is 5.97 Å². The van der Waals surface area contributed by atoms with E-state index in [-0.39, 0.29) is 11.6 Å². The third kappa shape index (κ3) is 3.17. The first kappa shape index (κ1) is 16.6. The summed E-state index contributed by atoms with van der Waals surface area (Å²) in [5.74, 6) is -1.21. The van der Waals surface area contributed by atoms with Crippen LogP contribution in [0.2, 0.25) is 0 Å². The first-order valence-electron chi connectivity index (χ1n) is 7.82. The van der Waals surface area contributed by atoms with Crippen LogP contribution in [0.25, 0.3) is 0 Å². The Kier molecular flexibility index (Phi) is 4.37. The highest BCUT2D eigenvalue weighted by Gasteiger charge is 2.41. The molecule has 1 heterocycles. The molecule has 2 aromatic rings. The Morgan fingerprint density at radius 2 is 1.75 bits per heavy atom. The van der Waals surface area contributed by atoms with Crippen molar-refractivity contribution in [1.29, 1.82) is 0 Å². The molecule has 1 unspecified atom stereocenters. The fourth-order valence-electron chi connectivity index (χ4n) is 3.09. The van der Waals surface area contributed by atoms with E-state index in [0.29, 0.717) is 36.1 Å². The molecule has 3 rings (SSSR count). The van der Waals surface area contributed by atoms with E-state index in [9.17, 15) is 13.6 Å². The van der Waals surface area contributed by atoms with Crippen LogP contribution in [0.4, 0.5) is 8.78 Å². The Labute approximate surface area is 139 Å². The number of nitrogens with zero attached hydrogens (tertiary/aromatic N) is 1. The summed E-state index contributed by atoms with van der Waals surface area (Å²) in [5.41, 5.74) is 0.804. The third-order valence-electron chi connectivity index (χ3n) is 4.38. The van der Waals surface area contributed by atoms with Gasteiger partial charge in [0.05, 0.1) is 5.56 Å². The molecule has 5 heteroatoms. The van der Waals surface area contributed by atoms with Crippen LogP contribution in [0.5, 0.6) is 0 Å². The molecule has 0 radical (unpaired) electrons. The Hall–Kier alpha value is -2.27. The Balaban J connectivity index is 2.05. The highest BCUT2D eigenvalue weighted by molar-refractivity contribution is 5.92. The number of hydrogen-bond acceptors (Lipinski definition) is 3. The van der Waals surface area contributed by atoms with E-state index < -0.39 is 11.6 Å². The molecule has 1 aliphatic heterocycles. The van der Waals surface area contributed by atoms with Gasteiger partial charge in [0.15, 0.2) is 0 Å². The maximum atomic E-state index is 13.6. The summed E-state index contributed by atoms with van der Waals surface area (Å²) < 4.78 is 32.7. The molecule has 0 spiro atoms. The molecule has 0 aliphatic carbocycles. The molecule has 0 saturated heterocycles. The van der Waals surface area contributed by atoms with Crippen LogP contribution in [-0.2, 0) is 16.8 Å². The lowest BCUT2D eigenvalue weighted by molar-refractivity contribution is -0.0355. The summed E-state index contributed by atoms with van der Waals surface area (Å²) in [5, 5.41) is 0. The maximum absolute atomic E-state index is 13.6. The van der Waals surface area contributed by atoms with Crippen molar-refractivity contribution < 1.29 is 18.3 Å². The van der Waals surface area contributed by atoms with Gasteiger partial charge < -0.3 is 9.64 Å². The van der Waals surface area contributed by atoms with Crippen LogP contribution in [0.15, 0.2) is 42.5 Å². The second kappa shape index (κ2) is 6.32. The van der Waals surface area contributed by atoms with Gasteiger partial charge >= 0.3 is 5.97 Å². The molecule has 0 amide bonds. The maximum Gasteiger partial charge on any atom is 0.339 e. The number of fused-ring (bicyclic) bond motifs is 1.